The van der Waals surface area contributed by atoms with Crippen molar-refractivity contribution in [2.75, 3.05) is 12.3 Å². The maximum absolute atomic E-state index is 12.3. The monoisotopic (exact) mass is 275 g/mol. The Kier molecular flexibility index (Phi) is 4.35. The Balaban J connectivity index is 2.48. The van der Waals surface area contributed by atoms with Crippen molar-refractivity contribution >= 4 is 9.84 Å². The minimum atomic E-state index is -3.28. The molecule has 4 heteroatoms. The summed E-state index contributed by atoms with van der Waals surface area (Å²) in [5, 5.41) is 0. The molecule has 0 heterocycles. The third-order valence-electron chi connectivity index (χ3n) is 2.92. The molecule has 0 amide bonds. The molecule has 2 aromatic rings. The zero-order chi connectivity index (χ0) is 13.7. The van der Waals surface area contributed by atoms with Gasteiger partial charge in [-0.3, -0.25) is 0 Å². The first-order valence-corrected chi connectivity index (χ1v) is 7.87. The minimum Gasteiger partial charge on any atom is -0.330 e. The first kappa shape index (κ1) is 13.8. The lowest BCUT2D eigenvalue weighted by Gasteiger charge is -2.10. The van der Waals surface area contributed by atoms with E-state index in [0.29, 0.717) is 17.9 Å². The lowest BCUT2D eigenvalue weighted by molar-refractivity contribution is 0.594. The summed E-state index contributed by atoms with van der Waals surface area (Å²) in [7, 11) is -3.28. The van der Waals surface area contributed by atoms with Crippen LogP contribution >= 0.6 is 0 Å². The van der Waals surface area contributed by atoms with E-state index in [1.807, 2.05) is 42.5 Å². The van der Waals surface area contributed by atoms with Gasteiger partial charge in [-0.05, 0) is 24.6 Å². The Morgan fingerprint density at radius 3 is 2.21 bits per heavy atom. The van der Waals surface area contributed by atoms with Crippen molar-refractivity contribution < 1.29 is 8.42 Å². The first-order chi connectivity index (χ1) is 9.15. The van der Waals surface area contributed by atoms with Crippen LogP contribution in [0.2, 0.25) is 0 Å². The number of rotatable bonds is 5. The van der Waals surface area contributed by atoms with Crippen molar-refractivity contribution in [2.24, 2.45) is 5.73 Å². The van der Waals surface area contributed by atoms with Crippen LogP contribution < -0.4 is 5.73 Å². The molecule has 0 radical (unpaired) electrons. The van der Waals surface area contributed by atoms with Gasteiger partial charge in [-0.1, -0.05) is 48.5 Å². The number of nitrogens with two attached hydrogens (primary N) is 1. The fourth-order valence-corrected chi connectivity index (χ4v) is 3.55. The Morgan fingerprint density at radius 1 is 0.895 bits per heavy atom. The molecule has 0 spiro atoms. The van der Waals surface area contributed by atoms with Crippen molar-refractivity contribution in [3.05, 3.63) is 54.6 Å². The highest BCUT2D eigenvalue weighted by molar-refractivity contribution is 7.91. The molecule has 0 aliphatic heterocycles. The molecule has 2 aromatic carbocycles. The molecule has 0 aliphatic rings. The molecule has 0 saturated heterocycles. The fourth-order valence-electron chi connectivity index (χ4n) is 1.98. The van der Waals surface area contributed by atoms with Gasteiger partial charge in [0, 0.05) is 5.56 Å². The van der Waals surface area contributed by atoms with E-state index < -0.39 is 9.84 Å². The lowest BCUT2D eigenvalue weighted by Crippen LogP contribution is -2.12. The molecule has 0 unspecified atom stereocenters. The van der Waals surface area contributed by atoms with Gasteiger partial charge in [-0.15, -0.1) is 0 Å². The average molecular weight is 275 g/mol. The van der Waals surface area contributed by atoms with E-state index in [2.05, 4.69) is 0 Å². The molecule has 2 rings (SSSR count). The predicted molar refractivity (Wildman–Crippen MR) is 77.6 cm³/mol. The molecular weight excluding hydrogens is 258 g/mol. The molecule has 100 valence electrons. The van der Waals surface area contributed by atoms with Gasteiger partial charge in [-0.25, -0.2) is 8.42 Å². The smallest absolute Gasteiger partial charge is 0.179 e. The second-order valence-electron chi connectivity index (χ2n) is 4.32. The highest BCUT2D eigenvalue weighted by atomic mass is 32.2. The zero-order valence-electron chi connectivity index (χ0n) is 10.6. The lowest BCUT2D eigenvalue weighted by atomic mass is 10.1. The molecule has 0 aliphatic carbocycles. The topological polar surface area (TPSA) is 60.2 Å². The third-order valence-corrected chi connectivity index (χ3v) is 4.78. The molecule has 0 fully saturated rings. The van der Waals surface area contributed by atoms with Crippen LogP contribution in [0, 0.1) is 0 Å². The Hall–Kier alpha value is -1.65. The van der Waals surface area contributed by atoms with E-state index in [-0.39, 0.29) is 5.75 Å². The summed E-state index contributed by atoms with van der Waals surface area (Å²) in [6.45, 7) is 0.382. The van der Waals surface area contributed by atoms with Crippen molar-refractivity contribution in [3.63, 3.8) is 0 Å². The second kappa shape index (κ2) is 5.99. The van der Waals surface area contributed by atoms with Gasteiger partial charge >= 0.3 is 0 Å². The number of benzene rings is 2. The van der Waals surface area contributed by atoms with Crippen LogP contribution in [0.1, 0.15) is 6.42 Å². The van der Waals surface area contributed by atoms with Gasteiger partial charge < -0.3 is 5.73 Å². The summed E-state index contributed by atoms with van der Waals surface area (Å²) in [6, 6.07) is 16.6. The fraction of sp³-hybridized carbons (Fsp3) is 0.200. The van der Waals surface area contributed by atoms with Crippen LogP contribution in [0.4, 0.5) is 0 Å². The highest BCUT2D eigenvalue weighted by Gasteiger charge is 2.18. The molecule has 19 heavy (non-hydrogen) atoms. The summed E-state index contributed by atoms with van der Waals surface area (Å²) in [6.07, 6.45) is 0.478. The summed E-state index contributed by atoms with van der Waals surface area (Å²) < 4.78 is 24.7. The molecular formula is C15H17NO2S. The molecule has 0 saturated carbocycles. The van der Waals surface area contributed by atoms with Gasteiger partial charge in [0.2, 0.25) is 0 Å². The van der Waals surface area contributed by atoms with E-state index in [9.17, 15) is 8.42 Å². The molecule has 0 atom stereocenters. The van der Waals surface area contributed by atoms with E-state index in [1.54, 1.807) is 12.1 Å². The van der Waals surface area contributed by atoms with Crippen molar-refractivity contribution in [1.82, 2.24) is 0 Å². The van der Waals surface area contributed by atoms with Gasteiger partial charge in [0.15, 0.2) is 9.84 Å². The van der Waals surface area contributed by atoms with Gasteiger partial charge in [-0.2, -0.15) is 0 Å². The molecule has 0 bridgehead atoms. The van der Waals surface area contributed by atoms with Crippen molar-refractivity contribution in [1.29, 1.82) is 0 Å². The van der Waals surface area contributed by atoms with Crippen LogP contribution in [0.15, 0.2) is 59.5 Å². The van der Waals surface area contributed by atoms with Crippen LogP contribution in [-0.4, -0.2) is 20.7 Å². The van der Waals surface area contributed by atoms with Crippen LogP contribution in [0.25, 0.3) is 11.1 Å². The van der Waals surface area contributed by atoms with Crippen LogP contribution in [-0.2, 0) is 9.84 Å². The zero-order valence-corrected chi connectivity index (χ0v) is 11.4. The van der Waals surface area contributed by atoms with E-state index >= 15 is 0 Å². The number of sulfone groups is 1. The van der Waals surface area contributed by atoms with Crippen molar-refractivity contribution in [3.8, 4) is 11.1 Å². The quantitative estimate of drug-likeness (QED) is 0.912. The number of hydrogen-bond acceptors (Lipinski definition) is 3. The van der Waals surface area contributed by atoms with Gasteiger partial charge in [0.05, 0.1) is 10.6 Å². The Labute approximate surface area is 114 Å². The first-order valence-electron chi connectivity index (χ1n) is 6.22. The van der Waals surface area contributed by atoms with Gasteiger partial charge in [0.1, 0.15) is 0 Å². The van der Waals surface area contributed by atoms with E-state index in [0.717, 1.165) is 11.1 Å². The summed E-state index contributed by atoms with van der Waals surface area (Å²) in [5.41, 5.74) is 7.06. The Bertz CT molecular complexity index is 636. The third kappa shape index (κ3) is 3.22. The standard InChI is InChI=1S/C15H17NO2S/c16-11-6-12-19(17,18)15-10-5-4-9-14(15)13-7-2-1-3-8-13/h1-5,7-10H,6,11-12,16H2. The van der Waals surface area contributed by atoms with E-state index in [1.165, 1.54) is 0 Å². The number of hydrogen-bond donors (Lipinski definition) is 1. The van der Waals surface area contributed by atoms with Gasteiger partial charge in [0.25, 0.3) is 0 Å². The maximum atomic E-state index is 12.3. The summed E-state index contributed by atoms with van der Waals surface area (Å²) in [4.78, 5) is 0.384. The molecule has 2 N–H and O–H groups in total. The Morgan fingerprint density at radius 2 is 1.53 bits per heavy atom. The van der Waals surface area contributed by atoms with Crippen LogP contribution in [0.3, 0.4) is 0 Å². The molecule has 3 nitrogen and oxygen atoms in total. The second-order valence-corrected chi connectivity index (χ2v) is 6.40. The normalized spacial score (nSPS) is 11.4. The van der Waals surface area contributed by atoms with Crippen LogP contribution in [0.5, 0.6) is 0 Å². The average Bonchev–Trinajstić information content (AvgIpc) is 2.46. The summed E-state index contributed by atoms with van der Waals surface area (Å²) >= 11 is 0. The SMILES string of the molecule is NCCCS(=O)(=O)c1ccccc1-c1ccccc1. The maximum Gasteiger partial charge on any atom is 0.179 e. The van der Waals surface area contributed by atoms with Crippen molar-refractivity contribution in [2.45, 2.75) is 11.3 Å². The predicted octanol–water partition coefficient (Wildman–Crippen LogP) is 2.48. The largest absolute Gasteiger partial charge is 0.330 e. The van der Waals surface area contributed by atoms with E-state index in [4.69, 9.17) is 5.73 Å². The summed E-state index contributed by atoms with van der Waals surface area (Å²) in [5.74, 6) is 0.0906. The highest BCUT2D eigenvalue weighted by Crippen LogP contribution is 2.27. The minimum absolute atomic E-state index is 0.0906. The molecule has 0 aromatic heterocycles.